The number of amides is 2. The molecule has 2 aliphatic heterocycles. The molecule has 2 heterocycles. The fourth-order valence-corrected chi connectivity index (χ4v) is 2.95. The predicted molar refractivity (Wildman–Crippen MR) is 64.5 cm³/mol. The van der Waals surface area contributed by atoms with Gasteiger partial charge in [0, 0.05) is 13.1 Å². The van der Waals surface area contributed by atoms with Gasteiger partial charge in [-0.3, -0.25) is 19.4 Å². The number of imide groups is 1. The van der Waals surface area contributed by atoms with Crippen molar-refractivity contribution in [1.82, 2.24) is 9.80 Å². The molecule has 0 aromatic heterocycles. The average Bonchev–Trinajstić information content (AvgIpc) is 2.66. The Hall–Kier alpha value is -1.20. The van der Waals surface area contributed by atoms with Gasteiger partial charge in [0.1, 0.15) is 0 Å². The Morgan fingerprint density at radius 3 is 2.17 bits per heavy atom. The molecular formula is C13H18N2O3. The van der Waals surface area contributed by atoms with Gasteiger partial charge in [-0.05, 0) is 12.8 Å². The minimum atomic E-state index is -0.108. The van der Waals surface area contributed by atoms with E-state index in [2.05, 4.69) is 4.90 Å². The molecule has 0 N–H and O–H groups in total. The summed E-state index contributed by atoms with van der Waals surface area (Å²) in [5, 5.41) is 0. The highest BCUT2D eigenvalue weighted by Gasteiger charge is 2.47. The van der Waals surface area contributed by atoms with Gasteiger partial charge in [0.05, 0.1) is 31.7 Å². The van der Waals surface area contributed by atoms with Gasteiger partial charge in [-0.2, -0.15) is 0 Å². The van der Waals surface area contributed by atoms with Crippen LogP contribution in [0.5, 0.6) is 0 Å². The van der Waals surface area contributed by atoms with E-state index in [1.807, 2.05) is 12.2 Å². The lowest BCUT2D eigenvalue weighted by Gasteiger charge is -2.29. The maximum Gasteiger partial charge on any atom is 0.234 e. The van der Waals surface area contributed by atoms with Crippen LogP contribution in [0.15, 0.2) is 12.2 Å². The number of hydrogen-bond donors (Lipinski definition) is 0. The summed E-state index contributed by atoms with van der Waals surface area (Å²) in [7, 11) is 0. The van der Waals surface area contributed by atoms with Crippen LogP contribution in [0.3, 0.4) is 0 Å². The first-order valence-electron chi connectivity index (χ1n) is 6.57. The lowest BCUT2D eigenvalue weighted by molar-refractivity contribution is -0.143. The maximum absolute atomic E-state index is 12.2. The molecule has 5 nitrogen and oxygen atoms in total. The van der Waals surface area contributed by atoms with E-state index < -0.39 is 0 Å². The fourth-order valence-electron chi connectivity index (χ4n) is 2.95. The van der Waals surface area contributed by atoms with Crippen molar-refractivity contribution >= 4 is 11.8 Å². The van der Waals surface area contributed by atoms with Crippen LogP contribution in [0.25, 0.3) is 0 Å². The largest absolute Gasteiger partial charge is 0.379 e. The zero-order valence-corrected chi connectivity index (χ0v) is 10.4. The van der Waals surface area contributed by atoms with E-state index in [1.54, 1.807) is 0 Å². The van der Waals surface area contributed by atoms with Gasteiger partial charge < -0.3 is 4.74 Å². The molecule has 0 aromatic carbocycles. The summed E-state index contributed by atoms with van der Waals surface area (Å²) >= 11 is 0. The number of carbonyl (C=O) groups is 2. The topological polar surface area (TPSA) is 49.9 Å². The SMILES string of the molecule is O=C1[C@H]2CC=CC[C@@H]2C(=O)N1CN1CCOCC1. The van der Waals surface area contributed by atoms with Gasteiger partial charge in [-0.25, -0.2) is 0 Å². The standard InChI is InChI=1S/C13H18N2O3/c16-12-10-3-1-2-4-11(10)13(17)15(12)9-14-5-7-18-8-6-14/h1-2,10-11H,3-9H2/t10-,11-/m0/s1. The highest BCUT2D eigenvalue weighted by atomic mass is 16.5. The molecule has 0 unspecified atom stereocenters. The molecule has 2 saturated heterocycles. The van der Waals surface area contributed by atoms with Crippen molar-refractivity contribution in [3.63, 3.8) is 0 Å². The third-order valence-corrected chi connectivity index (χ3v) is 4.04. The number of morpholine rings is 1. The molecule has 0 spiro atoms. The average molecular weight is 250 g/mol. The van der Waals surface area contributed by atoms with Crippen molar-refractivity contribution < 1.29 is 14.3 Å². The normalized spacial score (nSPS) is 33.0. The summed E-state index contributed by atoms with van der Waals surface area (Å²) in [6.07, 6.45) is 5.47. The van der Waals surface area contributed by atoms with Crippen molar-refractivity contribution in [2.45, 2.75) is 12.8 Å². The number of carbonyl (C=O) groups excluding carboxylic acids is 2. The van der Waals surface area contributed by atoms with E-state index >= 15 is 0 Å². The Bertz CT molecular complexity index is 362. The lowest BCUT2D eigenvalue weighted by atomic mass is 9.85. The Morgan fingerprint density at radius 2 is 1.61 bits per heavy atom. The van der Waals surface area contributed by atoms with Crippen molar-refractivity contribution in [1.29, 1.82) is 0 Å². The quantitative estimate of drug-likeness (QED) is 0.520. The van der Waals surface area contributed by atoms with Crippen molar-refractivity contribution in [3.8, 4) is 0 Å². The van der Waals surface area contributed by atoms with Crippen LogP contribution in [-0.2, 0) is 14.3 Å². The number of nitrogens with zero attached hydrogens (tertiary/aromatic N) is 2. The Balaban J connectivity index is 1.69. The molecule has 2 atom stereocenters. The highest BCUT2D eigenvalue weighted by molar-refractivity contribution is 6.05. The number of hydrogen-bond acceptors (Lipinski definition) is 4. The van der Waals surface area contributed by atoms with E-state index in [0.717, 1.165) is 25.9 Å². The zero-order valence-electron chi connectivity index (χ0n) is 10.4. The van der Waals surface area contributed by atoms with Crippen LogP contribution in [0.2, 0.25) is 0 Å². The van der Waals surface area contributed by atoms with Crippen LogP contribution in [0, 0.1) is 11.8 Å². The number of fused-ring (bicyclic) bond motifs is 1. The van der Waals surface area contributed by atoms with E-state index in [9.17, 15) is 9.59 Å². The zero-order chi connectivity index (χ0) is 12.5. The summed E-state index contributed by atoms with van der Waals surface area (Å²) in [5.41, 5.74) is 0. The molecule has 3 aliphatic rings. The first-order valence-corrected chi connectivity index (χ1v) is 6.57. The highest BCUT2D eigenvalue weighted by Crippen LogP contribution is 2.35. The monoisotopic (exact) mass is 250 g/mol. The van der Waals surface area contributed by atoms with Gasteiger partial charge in [-0.1, -0.05) is 12.2 Å². The first-order chi connectivity index (χ1) is 8.77. The molecule has 2 amide bonds. The number of likely N-dealkylation sites (tertiary alicyclic amines) is 1. The molecule has 5 heteroatoms. The first kappa shape index (κ1) is 11.9. The summed E-state index contributed by atoms with van der Waals surface area (Å²) in [4.78, 5) is 28.0. The van der Waals surface area contributed by atoms with Crippen LogP contribution < -0.4 is 0 Å². The summed E-state index contributed by atoms with van der Waals surface area (Å²) in [6.45, 7) is 3.40. The summed E-state index contributed by atoms with van der Waals surface area (Å²) in [6, 6.07) is 0. The fraction of sp³-hybridized carbons (Fsp3) is 0.692. The molecule has 1 aliphatic carbocycles. The van der Waals surface area contributed by atoms with Crippen LogP contribution in [0.1, 0.15) is 12.8 Å². The third kappa shape index (κ3) is 1.97. The number of ether oxygens (including phenoxy) is 1. The summed E-state index contributed by atoms with van der Waals surface area (Å²) < 4.78 is 5.27. The van der Waals surface area contributed by atoms with E-state index in [0.29, 0.717) is 19.9 Å². The van der Waals surface area contributed by atoms with Gasteiger partial charge >= 0.3 is 0 Å². The van der Waals surface area contributed by atoms with Crippen molar-refractivity contribution in [3.05, 3.63) is 12.2 Å². The predicted octanol–water partition coefficient (Wildman–Crippen LogP) is 0.227. The molecule has 2 fully saturated rings. The molecular weight excluding hydrogens is 232 g/mol. The van der Waals surface area contributed by atoms with E-state index in [-0.39, 0.29) is 23.7 Å². The molecule has 0 bridgehead atoms. The minimum absolute atomic E-state index is 0.0147. The van der Waals surface area contributed by atoms with Gasteiger partial charge in [-0.15, -0.1) is 0 Å². The van der Waals surface area contributed by atoms with Crippen LogP contribution >= 0.6 is 0 Å². The molecule has 0 aromatic rings. The minimum Gasteiger partial charge on any atom is -0.379 e. The van der Waals surface area contributed by atoms with Gasteiger partial charge in [0.2, 0.25) is 11.8 Å². The van der Waals surface area contributed by atoms with E-state index in [4.69, 9.17) is 4.74 Å². The van der Waals surface area contributed by atoms with Crippen molar-refractivity contribution in [2.24, 2.45) is 11.8 Å². The van der Waals surface area contributed by atoms with E-state index in [1.165, 1.54) is 4.90 Å². The van der Waals surface area contributed by atoms with Crippen LogP contribution in [-0.4, -0.2) is 54.6 Å². The molecule has 0 radical (unpaired) electrons. The Labute approximate surface area is 106 Å². The van der Waals surface area contributed by atoms with Crippen molar-refractivity contribution in [2.75, 3.05) is 33.0 Å². The van der Waals surface area contributed by atoms with Gasteiger partial charge in [0.15, 0.2) is 0 Å². The Morgan fingerprint density at radius 1 is 1.06 bits per heavy atom. The molecule has 98 valence electrons. The van der Waals surface area contributed by atoms with Crippen LogP contribution in [0.4, 0.5) is 0 Å². The molecule has 0 saturated carbocycles. The second-order valence-corrected chi connectivity index (χ2v) is 5.13. The third-order valence-electron chi connectivity index (χ3n) is 4.04. The summed E-state index contributed by atoms with van der Waals surface area (Å²) in [5.74, 6) is -0.186. The maximum atomic E-state index is 12.2. The second-order valence-electron chi connectivity index (χ2n) is 5.13. The molecule has 3 rings (SSSR count). The smallest absolute Gasteiger partial charge is 0.234 e. The number of rotatable bonds is 2. The molecule has 18 heavy (non-hydrogen) atoms. The Kier molecular flexibility index (Phi) is 3.18. The second kappa shape index (κ2) is 4.82. The lowest BCUT2D eigenvalue weighted by Crippen LogP contribution is -2.46. The van der Waals surface area contributed by atoms with Gasteiger partial charge in [0.25, 0.3) is 0 Å². The number of allylic oxidation sites excluding steroid dienone is 2.